The molecule has 1 aromatic heterocycles. The van der Waals surface area contributed by atoms with Gasteiger partial charge in [0.15, 0.2) is 5.69 Å². The number of carboxylic acid groups (broad SMARTS) is 1. The molecule has 1 unspecified atom stereocenters. The Morgan fingerprint density at radius 3 is 2.45 bits per heavy atom. The second-order valence-electron chi connectivity index (χ2n) is 5.60. The molecule has 0 aliphatic rings. The van der Waals surface area contributed by atoms with Gasteiger partial charge in [-0.15, -0.1) is 0 Å². The Morgan fingerprint density at radius 1 is 1.35 bits per heavy atom. The van der Waals surface area contributed by atoms with Crippen molar-refractivity contribution in [1.82, 2.24) is 9.97 Å². The van der Waals surface area contributed by atoms with Crippen LogP contribution < -0.4 is 5.32 Å². The van der Waals surface area contributed by atoms with Crippen molar-refractivity contribution in [2.75, 3.05) is 11.9 Å². The molecule has 0 saturated carbocycles. The number of hydrogen-bond acceptors (Lipinski definition) is 5. The summed E-state index contributed by atoms with van der Waals surface area (Å²) in [5.74, 6) is -0.148. The zero-order chi connectivity index (χ0) is 15.3. The van der Waals surface area contributed by atoms with Crippen LogP contribution in [0.5, 0.6) is 0 Å². The zero-order valence-electron chi connectivity index (χ0n) is 12.4. The average molecular weight is 281 g/mol. The lowest BCUT2D eigenvalue weighted by molar-refractivity contribution is 0.0691. The summed E-state index contributed by atoms with van der Waals surface area (Å²) < 4.78 is 0. The quantitative estimate of drug-likeness (QED) is 0.708. The predicted molar refractivity (Wildman–Crippen MR) is 77.0 cm³/mol. The molecule has 112 valence electrons. The number of anilines is 1. The van der Waals surface area contributed by atoms with Gasteiger partial charge in [0.25, 0.3) is 0 Å². The van der Waals surface area contributed by atoms with Crippen LogP contribution in [0.2, 0.25) is 0 Å². The second kappa shape index (κ2) is 7.19. The van der Waals surface area contributed by atoms with Crippen molar-refractivity contribution in [1.29, 1.82) is 0 Å². The molecule has 0 amide bonds. The van der Waals surface area contributed by atoms with Crippen molar-refractivity contribution >= 4 is 11.7 Å². The molecule has 1 aromatic rings. The Morgan fingerprint density at radius 2 is 2.00 bits per heavy atom. The van der Waals surface area contributed by atoms with Gasteiger partial charge in [0, 0.05) is 12.0 Å². The molecule has 0 spiro atoms. The molecule has 0 aromatic carbocycles. The van der Waals surface area contributed by atoms with E-state index in [1.807, 2.05) is 27.7 Å². The third kappa shape index (κ3) is 4.45. The Bertz CT molecular complexity index is 461. The monoisotopic (exact) mass is 281 g/mol. The van der Waals surface area contributed by atoms with E-state index in [4.69, 9.17) is 0 Å². The third-order valence-corrected chi connectivity index (χ3v) is 2.86. The maximum absolute atomic E-state index is 11.3. The maximum atomic E-state index is 11.3. The minimum atomic E-state index is -1.10. The van der Waals surface area contributed by atoms with Crippen molar-refractivity contribution in [2.24, 2.45) is 5.92 Å². The van der Waals surface area contributed by atoms with Crippen molar-refractivity contribution in [3.05, 3.63) is 17.7 Å². The van der Waals surface area contributed by atoms with Gasteiger partial charge >= 0.3 is 5.97 Å². The Balaban J connectivity index is 3.01. The number of nitrogens with zero attached hydrogens (tertiary/aromatic N) is 2. The van der Waals surface area contributed by atoms with Crippen LogP contribution in [0.3, 0.4) is 0 Å². The van der Waals surface area contributed by atoms with Crippen molar-refractivity contribution in [2.45, 2.75) is 46.1 Å². The highest BCUT2D eigenvalue weighted by Crippen LogP contribution is 2.19. The van der Waals surface area contributed by atoms with E-state index < -0.39 is 5.97 Å². The number of aromatic carboxylic acids is 1. The SMILES string of the molecule is CC(C)CC(CO)Nc1cnc(C(C)C)nc1C(=O)O. The molecule has 0 radical (unpaired) electrons. The summed E-state index contributed by atoms with van der Waals surface area (Å²) in [6.45, 7) is 7.83. The molecule has 3 N–H and O–H groups in total. The number of nitrogens with one attached hydrogen (secondary N) is 1. The van der Waals surface area contributed by atoms with Crippen LogP contribution in [-0.2, 0) is 0 Å². The van der Waals surface area contributed by atoms with E-state index in [0.717, 1.165) is 6.42 Å². The van der Waals surface area contributed by atoms with Gasteiger partial charge in [0.1, 0.15) is 5.82 Å². The maximum Gasteiger partial charge on any atom is 0.356 e. The lowest BCUT2D eigenvalue weighted by atomic mass is 10.0. The average Bonchev–Trinajstić information content (AvgIpc) is 2.37. The van der Waals surface area contributed by atoms with Crippen LogP contribution in [0.1, 0.15) is 56.3 Å². The van der Waals surface area contributed by atoms with E-state index in [-0.39, 0.29) is 24.3 Å². The van der Waals surface area contributed by atoms with E-state index >= 15 is 0 Å². The van der Waals surface area contributed by atoms with Crippen LogP contribution in [0.15, 0.2) is 6.20 Å². The fourth-order valence-electron chi connectivity index (χ4n) is 1.91. The van der Waals surface area contributed by atoms with Crippen LogP contribution in [0, 0.1) is 5.92 Å². The molecule has 0 aliphatic heterocycles. The van der Waals surface area contributed by atoms with Gasteiger partial charge < -0.3 is 15.5 Å². The minimum Gasteiger partial charge on any atom is -0.476 e. The number of carboxylic acids is 1. The Hall–Kier alpha value is -1.69. The van der Waals surface area contributed by atoms with Gasteiger partial charge in [-0.2, -0.15) is 0 Å². The number of hydrogen-bond donors (Lipinski definition) is 3. The molecule has 0 fully saturated rings. The number of rotatable bonds is 7. The smallest absolute Gasteiger partial charge is 0.356 e. The summed E-state index contributed by atoms with van der Waals surface area (Å²) in [7, 11) is 0. The van der Waals surface area contributed by atoms with E-state index in [2.05, 4.69) is 15.3 Å². The molecule has 1 atom stereocenters. The largest absolute Gasteiger partial charge is 0.476 e. The molecular weight excluding hydrogens is 258 g/mol. The van der Waals surface area contributed by atoms with Gasteiger partial charge in [-0.3, -0.25) is 0 Å². The molecule has 1 rings (SSSR count). The normalized spacial score (nSPS) is 12.8. The topological polar surface area (TPSA) is 95.3 Å². The van der Waals surface area contributed by atoms with E-state index in [1.165, 1.54) is 6.20 Å². The summed E-state index contributed by atoms with van der Waals surface area (Å²) in [4.78, 5) is 19.5. The third-order valence-electron chi connectivity index (χ3n) is 2.86. The number of aliphatic hydroxyl groups is 1. The van der Waals surface area contributed by atoms with Crippen molar-refractivity contribution < 1.29 is 15.0 Å². The first-order valence-electron chi connectivity index (χ1n) is 6.82. The van der Waals surface area contributed by atoms with Crippen LogP contribution in [-0.4, -0.2) is 38.8 Å². The van der Waals surface area contributed by atoms with Crippen molar-refractivity contribution in [3.8, 4) is 0 Å². The summed E-state index contributed by atoms with van der Waals surface area (Å²) in [6, 6.07) is -0.207. The van der Waals surface area contributed by atoms with E-state index in [9.17, 15) is 15.0 Å². The van der Waals surface area contributed by atoms with Gasteiger partial charge in [-0.05, 0) is 12.3 Å². The Labute approximate surface area is 119 Å². The first kappa shape index (κ1) is 16.4. The summed E-state index contributed by atoms with van der Waals surface area (Å²) in [6.07, 6.45) is 2.22. The van der Waals surface area contributed by atoms with Crippen LogP contribution in [0.25, 0.3) is 0 Å². The standard InChI is InChI=1S/C14H23N3O3/c1-8(2)5-10(7-18)16-11-6-15-13(9(3)4)17-12(11)14(19)20/h6,8-10,16,18H,5,7H2,1-4H3,(H,19,20). The highest BCUT2D eigenvalue weighted by molar-refractivity contribution is 5.91. The number of aromatic nitrogens is 2. The highest BCUT2D eigenvalue weighted by Gasteiger charge is 2.18. The lowest BCUT2D eigenvalue weighted by Gasteiger charge is -2.20. The molecule has 6 nitrogen and oxygen atoms in total. The highest BCUT2D eigenvalue weighted by atomic mass is 16.4. The van der Waals surface area contributed by atoms with Crippen LogP contribution in [0.4, 0.5) is 5.69 Å². The Kier molecular flexibility index (Phi) is 5.88. The van der Waals surface area contributed by atoms with Crippen molar-refractivity contribution in [3.63, 3.8) is 0 Å². The molecular formula is C14H23N3O3. The minimum absolute atomic E-state index is 0.0501. The molecule has 1 heterocycles. The lowest BCUT2D eigenvalue weighted by Crippen LogP contribution is -2.27. The van der Waals surface area contributed by atoms with Gasteiger partial charge in [0.05, 0.1) is 18.5 Å². The fourth-order valence-corrected chi connectivity index (χ4v) is 1.91. The zero-order valence-corrected chi connectivity index (χ0v) is 12.4. The summed E-state index contributed by atoms with van der Waals surface area (Å²) >= 11 is 0. The van der Waals surface area contributed by atoms with Gasteiger partial charge in [0.2, 0.25) is 0 Å². The number of carbonyl (C=O) groups is 1. The first-order valence-corrected chi connectivity index (χ1v) is 6.82. The van der Waals surface area contributed by atoms with Gasteiger partial charge in [-0.25, -0.2) is 14.8 Å². The summed E-state index contributed by atoms with van der Waals surface area (Å²) in [5.41, 5.74) is 0.299. The molecule has 0 saturated heterocycles. The summed E-state index contributed by atoms with van der Waals surface area (Å²) in [5, 5.41) is 21.6. The molecule has 6 heteroatoms. The second-order valence-corrected chi connectivity index (χ2v) is 5.60. The first-order chi connectivity index (χ1) is 9.35. The molecule has 0 bridgehead atoms. The van der Waals surface area contributed by atoms with E-state index in [0.29, 0.717) is 17.4 Å². The number of aliphatic hydroxyl groups excluding tert-OH is 1. The van der Waals surface area contributed by atoms with Crippen LogP contribution >= 0.6 is 0 Å². The van der Waals surface area contributed by atoms with E-state index in [1.54, 1.807) is 0 Å². The fraction of sp³-hybridized carbons (Fsp3) is 0.643. The molecule has 20 heavy (non-hydrogen) atoms. The predicted octanol–water partition coefficient (Wildman–Crippen LogP) is 2.12. The van der Waals surface area contributed by atoms with Gasteiger partial charge in [-0.1, -0.05) is 27.7 Å². The molecule has 0 aliphatic carbocycles.